The molecule has 0 spiro atoms. The number of guanidine groups is 1. The van der Waals surface area contributed by atoms with Crippen molar-refractivity contribution in [1.82, 2.24) is 15.2 Å². The zero-order valence-electron chi connectivity index (χ0n) is 16.5. The maximum atomic E-state index is 11.7. The molecule has 1 saturated heterocycles. The molecular weight excluding hydrogens is 340 g/mol. The number of carbonyl (C=O) groups excluding carboxylic acids is 1. The molecule has 0 unspecified atom stereocenters. The highest BCUT2D eigenvalue weighted by Gasteiger charge is 2.26. The average Bonchev–Trinajstić information content (AvgIpc) is 3.14. The highest BCUT2D eigenvalue weighted by atomic mass is 16.5. The van der Waals surface area contributed by atoms with Crippen LogP contribution in [-0.2, 0) is 22.4 Å². The first-order valence-corrected chi connectivity index (χ1v) is 9.79. The van der Waals surface area contributed by atoms with E-state index in [4.69, 9.17) is 4.74 Å². The Bertz CT molecular complexity index is 804. The molecule has 1 aliphatic heterocycles. The van der Waals surface area contributed by atoms with Crippen LogP contribution in [0.25, 0.3) is 10.9 Å². The zero-order valence-corrected chi connectivity index (χ0v) is 16.5. The van der Waals surface area contributed by atoms with Gasteiger partial charge in [-0.2, -0.15) is 0 Å². The quantitative estimate of drug-likeness (QED) is 0.482. The van der Waals surface area contributed by atoms with Gasteiger partial charge in [-0.15, -0.1) is 0 Å². The van der Waals surface area contributed by atoms with Crippen molar-refractivity contribution in [3.8, 4) is 0 Å². The Morgan fingerprint density at radius 2 is 2.11 bits per heavy atom. The molecule has 2 heterocycles. The van der Waals surface area contributed by atoms with E-state index in [2.05, 4.69) is 51.5 Å². The third-order valence-corrected chi connectivity index (χ3v) is 5.49. The van der Waals surface area contributed by atoms with Gasteiger partial charge in [0.25, 0.3) is 0 Å². The molecule has 1 aromatic heterocycles. The molecule has 146 valence electrons. The third-order valence-electron chi connectivity index (χ3n) is 5.49. The maximum Gasteiger partial charge on any atom is 0.308 e. The molecule has 0 radical (unpaired) electrons. The maximum absolute atomic E-state index is 11.7. The number of nitrogens with one attached hydrogen (secondary N) is 2. The standard InChI is InChI=1S/C21H30N4O2/c1-4-15-6-5-7-18-17(14-24-19(15)18)8-11-23-21(22-2)25-12-9-16(10-13-25)20(26)27-3/h5-7,14,16,24H,4,8-13H2,1-3H3,(H,22,23). The van der Waals surface area contributed by atoms with Gasteiger partial charge in [0.1, 0.15) is 0 Å². The molecular formula is C21H30N4O2. The predicted octanol–water partition coefficient (Wildman–Crippen LogP) is 2.73. The lowest BCUT2D eigenvalue weighted by Crippen LogP contribution is -2.47. The van der Waals surface area contributed by atoms with Crippen LogP contribution in [0.5, 0.6) is 0 Å². The van der Waals surface area contributed by atoms with Crippen molar-refractivity contribution in [1.29, 1.82) is 0 Å². The number of ether oxygens (including phenoxy) is 1. The van der Waals surface area contributed by atoms with Gasteiger partial charge in [-0.3, -0.25) is 9.79 Å². The van der Waals surface area contributed by atoms with Crippen LogP contribution in [0.1, 0.15) is 30.9 Å². The number of nitrogens with zero attached hydrogens (tertiary/aromatic N) is 2. The second-order valence-electron chi connectivity index (χ2n) is 7.02. The van der Waals surface area contributed by atoms with Crippen LogP contribution in [0.4, 0.5) is 0 Å². The van der Waals surface area contributed by atoms with E-state index in [0.717, 1.165) is 51.3 Å². The van der Waals surface area contributed by atoms with Gasteiger partial charge in [-0.1, -0.05) is 25.1 Å². The lowest BCUT2D eigenvalue weighted by molar-refractivity contribution is -0.146. The van der Waals surface area contributed by atoms with Gasteiger partial charge in [0.05, 0.1) is 13.0 Å². The summed E-state index contributed by atoms with van der Waals surface area (Å²) in [6.07, 6.45) is 5.72. The predicted molar refractivity (Wildman–Crippen MR) is 109 cm³/mol. The number of aromatic nitrogens is 1. The minimum atomic E-state index is -0.0941. The molecule has 0 amide bonds. The number of methoxy groups -OCH3 is 1. The molecule has 0 bridgehead atoms. The van der Waals surface area contributed by atoms with Crippen LogP contribution in [0, 0.1) is 5.92 Å². The Hall–Kier alpha value is -2.50. The summed E-state index contributed by atoms with van der Waals surface area (Å²) in [7, 11) is 3.28. The highest BCUT2D eigenvalue weighted by Crippen LogP contribution is 2.22. The SMILES string of the molecule is CCc1cccc2c(CCNC(=NC)N3CCC(C(=O)OC)CC3)c[nH]c12. The molecule has 1 aliphatic rings. The topological polar surface area (TPSA) is 69.7 Å². The normalized spacial score (nSPS) is 16.0. The van der Waals surface area contributed by atoms with E-state index in [0.29, 0.717) is 0 Å². The Labute approximate surface area is 161 Å². The number of esters is 1. The first-order chi connectivity index (χ1) is 13.2. The fraction of sp³-hybridized carbons (Fsp3) is 0.524. The zero-order chi connectivity index (χ0) is 19.2. The van der Waals surface area contributed by atoms with Crippen molar-refractivity contribution < 1.29 is 9.53 Å². The summed E-state index contributed by atoms with van der Waals surface area (Å²) in [5.41, 5.74) is 3.94. The van der Waals surface area contributed by atoms with E-state index < -0.39 is 0 Å². The van der Waals surface area contributed by atoms with E-state index >= 15 is 0 Å². The van der Waals surface area contributed by atoms with Crippen LogP contribution in [-0.4, -0.2) is 55.6 Å². The van der Waals surface area contributed by atoms with Gasteiger partial charge in [-0.25, -0.2) is 0 Å². The molecule has 2 N–H and O–H groups in total. The summed E-state index contributed by atoms with van der Waals surface area (Å²) in [4.78, 5) is 21.8. The van der Waals surface area contributed by atoms with Crippen molar-refractivity contribution in [3.05, 3.63) is 35.5 Å². The number of benzene rings is 1. The van der Waals surface area contributed by atoms with Gasteiger partial charge >= 0.3 is 5.97 Å². The molecule has 0 saturated carbocycles. The molecule has 6 heteroatoms. The van der Waals surface area contributed by atoms with E-state index in [-0.39, 0.29) is 11.9 Å². The summed E-state index contributed by atoms with van der Waals surface area (Å²) in [6, 6.07) is 6.50. The van der Waals surface area contributed by atoms with Gasteiger partial charge in [-0.05, 0) is 36.8 Å². The van der Waals surface area contributed by atoms with E-state index in [1.54, 1.807) is 0 Å². The molecule has 2 aromatic rings. The monoisotopic (exact) mass is 370 g/mol. The lowest BCUT2D eigenvalue weighted by Gasteiger charge is -2.33. The number of hydrogen-bond acceptors (Lipinski definition) is 3. The largest absolute Gasteiger partial charge is 0.469 e. The molecule has 0 atom stereocenters. The first-order valence-electron chi connectivity index (χ1n) is 9.79. The minimum Gasteiger partial charge on any atom is -0.469 e. The smallest absolute Gasteiger partial charge is 0.308 e. The minimum absolute atomic E-state index is 0.0170. The number of piperidine rings is 1. The van der Waals surface area contributed by atoms with Crippen LogP contribution >= 0.6 is 0 Å². The Morgan fingerprint density at radius 3 is 2.78 bits per heavy atom. The molecule has 6 nitrogen and oxygen atoms in total. The fourth-order valence-electron chi connectivity index (χ4n) is 3.91. The van der Waals surface area contributed by atoms with Crippen LogP contribution in [0.2, 0.25) is 0 Å². The van der Waals surface area contributed by atoms with Gasteiger partial charge < -0.3 is 19.9 Å². The molecule has 1 aromatic carbocycles. The number of aryl methyl sites for hydroxylation is 1. The highest BCUT2D eigenvalue weighted by molar-refractivity contribution is 5.86. The van der Waals surface area contributed by atoms with Crippen molar-refractivity contribution in [2.24, 2.45) is 10.9 Å². The van der Waals surface area contributed by atoms with Gasteiger partial charge in [0.2, 0.25) is 0 Å². The van der Waals surface area contributed by atoms with Crippen LogP contribution in [0.15, 0.2) is 29.4 Å². The average molecular weight is 370 g/mol. The second-order valence-corrected chi connectivity index (χ2v) is 7.02. The van der Waals surface area contributed by atoms with Crippen molar-refractivity contribution >= 4 is 22.8 Å². The van der Waals surface area contributed by atoms with Gasteiger partial charge in [0, 0.05) is 43.8 Å². The molecule has 1 fully saturated rings. The number of aromatic amines is 1. The second kappa shape index (κ2) is 8.93. The Balaban J connectivity index is 1.55. The van der Waals surface area contributed by atoms with Crippen LogP contribution in [0.3, 0.4) is 0 Å². The van der Waals surface area contributed by atoms with Crippen molar-refractivity contribution in [2.45, 2.75) is 32.6 Å². The number of aliphatic imine (C=N–C) groups is 1. The number of para-hydroxylation sites is 1. The fourth-order valence-corrected chi connectivity index (χ4v) is 3.91. The van der Waals surface area contributed by atoms with Gasteiger partial charge in [0.15, 0.2) is 5.96 Å². The Morgan fingerprint density at radius 1 is 1.33 bits per heavy atom. The summed E-state index contributed by atoms with van der Waals surface area (Å²) < 4.78 is 4.86. The number of carbonyl (C=O) groups is 1. The number of fused-ring (bicyclic) bond motifs is 1. The lowest BCUT2D eigenvalue weighted by atomic mass is 9.97. The number of likely N-dealkylation sites (tertiary alicyclic amines) is 1. The first kappa shape index (κ1) is 19.3. The van der Waals surface area contributed by atoms with E-state index in [1.807, 2.05) is 7.05 Å². The summed E-state index contributed by atoms with van der Waals surface area (Å²) in [6.45, 7) is 4.66. The molecule has 0 aliphatic carbocycles. The number of rotatable bonds is 5. The molecule has 27 heavy (non-hydrogen) atoms. The summed E-state index contributed by atoms with van der Waals surface area (Å²) in [5.74, 6) is 0.833. The van der Waals surface area contributed by atoms with Crippen LogP contribution < -0.4 is 5.32 Å². The number of H-pyrrole nitrogens is 1. The van der Waals surface area contributed by atoms with Crippen molar-refractivity contribution in [2.75, 3.05) is 33.8 Å². The molecule has 3 rings (SSSR count). The van der Waals surface area contributed by atoms with Crippen molar-refractivity contribution in [3.63, 3.8) is 0 Å². The third kappa shape index (κ3) is 4.26. The summed E-state index contributed by atoms with van der Waals surface area (Å²) in [5, 5.41) is 4.78. The van der Waals surface area contributed by atoms with E-state index in [1.165, 1.54) is 29.1 Å². The summed E-state index contributed by atoms with van der Waals surface area (Å²) >= 11 is 0. The Kier molecular flexibility index (Phi) is 6.37. The number of hydrogen-bond donors (Lipinski definition) is 2. The van der Waals surface area contributed by atoms with E-state index in [9.17, 15) is 4.79 Å².